The van der Waals surface area contributed by atoms with Crippen LogP contribution in [0.3, 0.4) is 0 Å². The summed E-state index contributed by atoms with van der Waals surface area (Å²) < 4.78 is 18.9. The van der Waals surface area contributed by atoms with Crippen LogP contribution in [0.1, 0.15) is 47.9 Å². The molecule has 4 aromatic carbocycles. The molecule has 330 valence electrons. The molecule has 2 aliphatic heterocycles. The number of thiophene rings is 1. The number of amides is 4. The summed E-state index contributed by atoms with van der Waals surface area (Å²) >= 11 is 7.91. The van der Waals surface area contributed by atoms with E-state index >= 15 is 9.59 Å². The van der Waals surface area contributed by atoms with E-state index in [-0.39, 0.29) is 30.4 Å². The van der Waals surface area contributed by atoms with Gasteiger partial charge in [-0.2, -0.15) is 5.10 Å². The van der Waals surface area contributed by atoms with Crippen LogP contribution in [0.5, 0.6) is 23.0 Å². The number of fused-ring (bicyclic) bond motifs is 5. The second kappa shape index (κ2) is 15.8. The maximum atomic E-state index is 15.3. The standard InChI is InChI=1S/C51H45ClN4O8S/c1-26-36-22-29(52)11-20-42(36)65-46(26)39-25-43(54(3)53-39)56-48(59)38-24-37-33(45(51(38,2)50(56)61)34-16-14-32(63-5)23-40(34)57)17-18-35-44(37)49(60)55(47(35)58)30-12-8-27(9-13-30)7-10-28-21-31(62-4)15-19-41(28)64-6/h7-17,19-23,25,35,37-38,44-45,57H,18,24H2,1-6H3/t35-,37+,38-,44-,45+,51+/m0/s1. The van der Waals surface area contributed by atoms with Gasteiger partial charge in [0.2, 0.25) is 23.6 Å². The van der Waals surface area contributed by atoms with Crippen LogP contribution < -0.4 is 24.0 Å². The van der Waals surface area contributed by atoms with Gasteiger partial charge in [-0.1, -0.05) is 53.6 Å². The molecular formula is C51H45ClN4O8S. The number of anilines is 2. The first-order chi connectivity index (χ1) is 31.3. The highest BCUT2D eigenvalue weighted by atomic mass is 35.5. The van der Waals surface area contributed by atoms with Gasteiger partial charge in [-0.05, 0) is 104 Å². The van der Waals surface area contributed by atoms with Crippen LogP contribution in [0.25, 0.3) is 32.8 Å². The Labute approximate surface area is 384 Å². The van der Waals surface area contributed by atoms with Gasteiger partial charge in [0, 0.05) is 45.9 Å². The molecule has 0 unspecified atom stereocenters. The molecule has 4 heterocycles. The van der Waals surface area contributed by atoms with E-state index < -0.39 is 46.8 Å². The number of rotatable bonds is 9. The number of imide groups is 2. The number of carbonyl (C=O) groups is 4. The number of hydrogen-bond acceptors (Lipinski definition) is 10. The molecular weight excluding hydrogens is 864 g/mol. The number of aromatic hydroxyl groups is 1. The van der Waals surface area contributed by atoms with Crippen LogP contribution in [0, 0.1) is 36.0 Å². The van der Waals surface area contributed by atoms with E-state index in [0.29, 0.717) is 45.0 Å². The first-order valence-corrected chi connectivity index (χ1v) is 22.5. The van der Waals surface area contributed by atoms with Crippen molar-refractivity contribution in [3.63, 3.8) is 0 Å². The molecule has 14 heteroatoms. The van der Waals surface area contributed by atoms with Gasteiger partial charge in [-0.15, -0.1) is 11.3 Å². The fourth-order valence-corrected chi connectivity index (χ4v) is 12.1. The summed E-state index contributed by atoms with van der Waals surface area (Å²) in [5, 5.41) is 18.1. The molecule has 10 rings (SSSR count). The van der Waals surface area contributed by atoms with Crippen LogP contribution >= 0.6 is 22.9 Å². The molecule has 65 heavy (non-hydrogen) atoms. The molecule has 2 saturated heterocycles. The highest BCUT2D eigenvalue weighted by Gasteiger charge is 2.68. The van der Waals surface area contributed by atoms with Crippen molar-refractivity contribution in [2.24, 2.45) is 36.1 Å². The number of allylic oxidation sites excluding steroid dienone is 2. The van der Waals surface area contributed by atoms with E-state index in [1.807, 2.05) is 73.7 Å². The number of phenols is 1. The van der Waals surface area contributed by atoms with Gasteiger partial charge in [0.05, 0.1) is 55.1 Å². The number of phenolic OH excluding ortho intramolecular Hbond substituents is 1. The first-order valence-electron chi connectivity index (χ1n) is 21.3. The Balaban J connectivity index is 1.00. The number of carbonyl (C=O) groups excluding carboxylic acids is 4. The van der Waals surface area contributed by atoms with Crippen molar-refractivity contribution in [2.45, 2.75) is 32.6 Å². The van der Waals surface area contributed by atoms with E-state index in [1.165, 1.54) is 23.0 Å². The van der Waals surface area contributed by atoms with E-state index in [0.717, 1.165) is 37.2 Å². The predicted octanol–water partition coefficient (Wildman–Crippen LogP) is 9.60. The third kappa shape index (κ3) is 6.49. The monoisotopic (exact) mass is 908 g/mol. The molecule has 0 radical (unpaired) electrons. The van der Waals surface area contributed by atoms with E-state index in [1.54, 1.807) is 74.5 Å². The van der Waals surface area contributed by atoms with Gasteiger partial charge in [-0.3, -0.25) is 28.8 Å². The summed E-state index contributed by atoms with van der Waals surface area (Å²) in [7, 11) is 6.41. The van der Waals surface area contributed by atoms with Crippen molar-refractivity contribution in [1.29, 1.82) is 0 Å². The SMILES string of the molecule is COc1ccc([C@H]2C3=CC[C@@H]4C(=O)N(c5ccc(C=Cc6cc(OC)ccc6OC)cc5)C(=O)[C@@H]4[C@@H]3C[C@H]3C(=O)N(c4cc(-c5sc6ccc(Cl)cc6c5C)nn4C)C(=O)[C@@]23C)c(O)c1. The van der Waals surface area contributed by atoms with Crippen LogP contribution in [-0.2, 0) is 26.2 Å². The fraction of sp³-hybridized carbons (Fsp3) is 0.275. The van der Waals surface area contributed by atoms with Crippen molar-refractivity contribution in [3.8, 4) is 33.6 Å². The highest BCUT2D eigenvalue weighted by molar-refractivity contribution is 7.22. The summed E-state index contributed by atoms with van der Waals surface area (Å²) in [4.78, 5) is 62.9. The number of hydrogen-bond donors (Lipinski definition) is 1. The number of nitrogens with zero attached hydrogens (tertiary/aromatic N) is 4. The van der Waals surface area contributed by atoms with E-state index in [2.05, 4.69) is 0 Å². The lowest BCUT2D eigenvalue weighted by Gasteiger charge is -2.49. The molecule has 6 aromatic rings. The average Bonchev–Trinajstić information content (AvgIpc) is 3.98. The minimum Gasteiger partial charge on any atom is -0.508 e. The maximum Gasteiger partial charge on any atom is 0.242 e. The van der Waals surface area contributed by atoms with Gasteiger partial charge >= 0.3 is 0 Å². The fourth-order valence-electron chi connectivity index (χ4n) is 10.8. The second-order valence-electron chi connectivity index (χ2n) is 17.3. The lowest BCUT2D eigenvalue weighted by molar-refractivity contribution is -0.131. The Morgan fingerprint density at radius 1 is 0.831 bits per heavy atom. The number of halogens is 1. The molecule has 12 nitrogen and oxygen atoms in total. The highest BCUT2D eigenvalue weighted by Crippen LogP contribution is 2.64. The van der Waals surface area contributed by atoms with Crippen LogP contribution in [0.4, 0.5) is 11.5 Å². The largest absolute Gasteiger partial charge is 0.508 e. The summed E-state index contributed by atoms with van der Waals surface area (Å²) in [5.41, 5.74) is 3.52. The zero-order valence-corrected chi connectivity index (χ0v) is 38.1. The Bertz CT molecular complexity index is 3060. The molecule has 0 bridgehead atoms. The number of benzene rings is 4. The van der Waals surface area contributed by atoms with Crippen molar-refractivity contribution in [1.82, 2.24) is 9.78 Å². The minimum atomic E-state index is -1.38. The van der Waals surface area contributed by atoms with Crippen molar-refractivity contribution in [2.75, 3.05) is 31.1 Å². The van der Waals surface area contributed by atoms with Gasteiger partial charge in [0.1, 0.15) is 34.5 Å². The smallest absolute Gasteiger partial charge is 0.242 e. The normalized spacial score (nSPS) is 23.9. The molecule has 3 fully saturated rings. The second-order valence-corrected chi connectivity index (χ2v) is 18.8. The van der Waals surface area contributed by atoms with E-state index in [4.69, 9.17) is 30.9 Å². The van der Waals surface area contributed by atoms with Crippen LogP contribution in [-0.4, -0.2) is 59.8 Å². The molecule has 4 amide bonds. The molecule has 2 aromatic heterocycles. The summed E-state index contributed by atoms with van der Waals surface area (Å²) in [6.07, 6.45) is 6.20. The zero-order chi connectivity index (χ0) is 45.6. The zero-order valence-electron chi connectivity index (χ0n) is 36.5. The van der Waals surface area contributed by atoms with Crippen molar-refractivity contribution in [3.05, 3.63) is 124 Å². The number of aromatic nitrogens is 2. The average molecular weight is 909 g/mol. The summed E-state index contributed by atoms with van der Waals surface area (Å²) in [5.74, 6) is -3.28. The Morgan fingerprint density at radius 2 is 1.57 bits per heavy atom. The topological polar surface area (TPSA) is 140 Å². The van der Waals surface area contributed by atoms with E-state index in [9.17, 15) is 14.7 Å². The molecule has 4 aliphatic rings. The third-order valence-corrected chi connectivity index (χ3v) is 15.6. The van der Waals surface area contributed by atoms with Gasteiger partial charge in [0.15, 0.2) is 0 Å². The van der Waals surface area contributed by atoms with Crippen molar-refractivity contribution < 1.29 is 38.5 Å². The Kier molecular flexibility index (Phi) is 10.3. The number of aryl methyl sites for hydroxylation is 2. The molecule has 0 spiro atoms. The van der Waals surface area contributed by atoms with Gasteiger partial charge < -0.3 is 19.3 Å². The Hall–Kier alpha value is -6.70. The summed E-state index contributed by atoms with van der Waals surface area (Å²) in [6.45, 7) is 3.79. The lowest BCUT2D eigenvalue weighted by Crippen LogP contribution is -2.49. The number of methoxy groups -OCH3 is 3. The van der Waals surface area contributed by atoms with Gasteiger partial charge in [-0.25, -0.2) is 4.90 Å². The molecule has 1 saturated carbocycles. The van der Waals surface area contributed by atoms with Gasteiger partial charge in [0.25, 0.3) is 0 Å². The molecule has 2 aliphatic carbocycles. The quantitative estimate of drug-likeness (QED) is 0.0853. The number of ether oxygens (including phenoxy) is 3. The summed E-state index contributed by atoms with van der Waals surface area (Å²) in [6, 6.07) is 25.2. The maximum absolute atomic E-state index is 15.3. The molecule has 6 atom stereocenters. The van der Waals surface area contributed by atoms with Crippen LogP contribution in [0.2, 0.25) is 5.02 Å². The third-order valence-electron chi connectivity index (χ3n) is 14.1. The van der Waals surface area contributed by atoms with Crippen LogP contribution in [0.15, 0.2) is 96.6 Å². The lowest BCUT2D eigenvalue weighted by atomic mass is 9.51. The predicted molar refractivity (Wildman–Crippen MR) is 250 cm³/mol. The molecule has 1 N–H and O–H groups in total. The first kappa shape index (κ1) is 42.3. The Morgan fingerprint density at radius 3 is 2.29 bits per heavy atom. The minimum absolute atomic E-state index is 0.103. The van der Waals surface area contributed by atoms with Crippen molar-refractivity contribution >= 4 is 80.3 Å².